The molecule has 0 aromatic heterocycles. The van der Waals surface area contributed by atoms with Crippen LogP contribution in [-0.2, 0) is 53.0 Å². The summed E-state index contributed by atoms with van der Waals surface area (Å²) in [6.45, 7) is 8.52. The molecule has 1 aliphatic heterocycles. The Morgan fingerprint density at radius 1 is 1.00 bits per heavy atom. The van der Waals surface area contributed by atoms with Gasteiger partial charge in [0.1, 0.15) is 12.2 Å². The van der Waals surface area contributed by atoms with E-state index in [9.17, 15) is 50.8 Å². The van der Waals surface area contributed by atoms with Crippen molar-refractivity contribution in [1.29, 1.82) is 0 Å². The van der Waals surface area contributed by atoms with Gasteiger partial charge in [-0.2, -0.15) is 16.8 Å². The number of ether oxygens (including phenoxy) is 3. The molecule has 4 saturated carbocycles. The van der Waals surface area contributed by atoms with Gasteiger partial charge in [0.05, 0.1) is 24.7 Å². The molecule has 280 valence electrons. The molecule has 51 heavy (non-hydrogen) atoms. The average molecular weight is 847 g/mol. The van der Waals surface area contributed by atoms with Gasteiger partial charge >= 0.3 is 187 Å². The maximum atomic E-state index is 12.9. The van der Waals surface area contributed by atoms with E-state index < -0.39 is 99.0 Å². The van der Waals surface area contributed by atoms with Gasteiger partial charge < -0.3 is 33.8 Å². The van der Waals surface area contributed by atoms with E-state index in [0.717, 1.165) is 24.8 Å². The normalized spacial score (nSPS) is 40.5. The number of hydrogen-bond acceptors (Lipinski definition) is 13. The van der Waals surface area contributed by atoms with E-state index in [4.69, 9.17) is 18.4 Å². The van der Waals surface area contributed by atoms with E-state index in [1.807, 2.05) is 6.92 Å². The number of rotatable bonds is 11. The Morgan fingerprint density at radius 2 is 1.61 bits per heavy atom. The number of hydrogen-bond donors (Lipinski definition) is 5. The molecule has 13 atom stereocenters. The third-order valence-electron chi connectivity index (χ3n) is 11.5. The molecule has 5 rings (SSSR count). The molecule has 5 fully saturated rings. The van der Waals surface area contributed by atoms with Crippen molar-refractivity contribution in [1.82, 2.24) is 0 Å². The number of aliphatic hydroxyl groups excluding tert-OH is 2. The number of carbonyl (C=O) groups is 2. The van der Waals surface area contributed by atoms with Gasteiger partial charge in [-0.1, -0.05) is 27.4 Å². The van der Waals surface area contributed by atoms with Gasteiger partial charge in [-0.25, -0.2) is 8.37 Å². The molecule has 0 aromatic carbocycles. The van der Waals surface area contributed by atoms with Crippen molar-refractivity contribution < 1.29 is 232 Å². The van der Waals surface area contributed by atoms with Crippen molar-refractivity contribution in [2.75, 3.05) is 6.61 Å². The SMILES string of the molecule is C=C1[C@H]2CC[C@H]3[C@]4(C)C[C@H](O[C@@H]5O[C@H](CO)[C@@H](OS(=O)(=O)O)[C@H](OS(=O)(=O)O)[C@H]5OC(=O)CC(C)C)C[C@@H](C(=O)O)[C@H]4CC[C@]3(C2)[C@H]1O.[H-].[H-].[H-].[K+].[K+].[K+]. The van der Waals surface area contributed by atoms with Crippen LogP contribution in [0.2, 0.25) is 0 Å². The van der Waals surface area contributed by atoms with Crippen LogP contribution < -0.4 is 154 Å². The van der Waals surface area contributed by atoms with Crippen LogP contribution in [0.4, 0.5) is 0 Å². The van der Waals surface area contributed by atoms with Crippen molar-refractivity contribution in [3.8, 4) is 0 Å². The fourth-order valence-corrected chi connectivity index (χ4v) is 10.8. The number of carboxylic acid groups (broad SMARTS) is 1. The Kier molecular flexibility index (Phi) is 19.2. The van der Waals surface area contributed by atoms with E-state index in [1.165, 1.54) is 0 Å². The number of carbonyl (C=O) groups excluding carboxylic acids is 1. The van der Waals surface area contributed by atoms with Crippen LogP contribution in [0, 0.1) is 40.4 Å². The molecule has 1 heterocycles. The summed E-state index contributed by atoms with van der Waals surface area (Å²) in [6, 6.07) is 0. The summed E-state index contributed by atoms with van der Waals surface area (Å²) in [6.07, 6.45) is -7.93. The summed E-state index contributed by atoms with van der Waals surface area (Å²) in [4.78, 5) is 25.7. The van der Waals surface area contributed by atoms with E-state index >= 15 is 0 Å². The van der Waals surface area contributed by atoms with Crippen LogP contribution in [-0.4, -0.2) is 103 Å². The topological polar surface area (TPSA) is 250 Å². The molecule has 1 saturated heterocycles. The minimum atomic E-state index is -5.42. The first-order chi connectivity index (χ1) is 22.2. The van der Waals surface area contributed by atoms with E-state index in [2.05, 4.69) is 10.8 Å². The molecule has 2 bridgehead atoms. The summed E-state index contributed by atoms with van der Waals surface area (Å²) in [5, 5.41) is 32.0. The summed E-state index contributed by atoms with van der Waals surface area (Å²) in [7, 11) is -10.8. The third-order valence-corrected chi connectivity index (χ3v) is 12.4. The quantitative estimate of drug-likeness (QED) is 0.0426. The molecule has 0 aromatic rings. The van der Waals surface area contributed by atoms with Crippen LogP contribution in [0.3, 0.4) is 0 Å². The van der Waals surface area contributed by atoms with Gasteiger partial charge in [0.25, 0.3) is 0 Å². The Balaban J connectivity index is 0. The molecule has 0 unspecified atom stereocenters. The van der Waals surface area contributed by atoms with Crippen LogP contribution in [0.15, 0.2) is 12.2 Å². The summed E-state index contributed by atoms with van der Waals surface area (Å²) >= 11 is 0. The summed E-state index contributed by atoms with van der Waals surface area (Å²) < 4.78 is 93.5. The smallest absolute Gasteiger partial charge is 1.00 e. The number of esters is 1. The van der Waals surface area contributed by atoms with Crippen molar-refractivity contribution in [2.24, 2.45) is 40.4 Å². The van der Waals surface area contributed by atoms with Crippen LogP contribution in [0.25, 0.3) is 0 Å². The fraction of sp³-hybridized carbons (Fsp3) is 0.867. The van der Waals surface area contributed by atoms with E-state index in [1.54, 1.807) is 13.8 Å². The largest absolute Gasteiger partial charge is 1.00 e. The first kappa shape index (κ1) is 50.3. The number of aliphatic hydroxyl groups is 2. The first-order valence-corrected chi connectivity index (χ1v) is 18.9. The molecular formula is C30H49K3O16S2. The standard InChI is InChI=1S/C30H46O16S2.3K.3H/c1-14(2)9-22(32)44-25-24(46-48(39,40)41)23(45-47(36,37)38)20(13-31)43-28(25)42-17-10-18(27(34)35)19-7-8-30-11-16(15(3)26(30)33)5-6-21(30)29(19,4)12-17;;;;;;/h14,16-21,23-26,28,31,33H,3,5-13H2,1-2,4H3,(H,34,35)(H,36,37,38)(H,39,40,41);;;;;;/q;3*+1;3*-1/t16-,17+,18+,19+,20+,21-,23+,24-,25+,26-,28+,29+,30+;;;;;;/m0....../s1. The van der Waals surface area contributed by atoms with Gasteiger partial charge in [0.2, 0.25) is 0 Å². The fourth-order valence-electron chi connectivity index (χ4n) is 9.82. The Hall–Kier alpha value is 3.17. The van der Waals surface area contributed by atoms with Crippen molar-refractivity contribution in [3.63, 3.8) is 0 Å². The molecule has 1 spiro atoms. The van der Waals surface area contributed by atoms with E-state index in [0.29, 0.717) is 12.8 Å². The molecule has 5 aliphatic rings. The predicted octanol–water partition coefficient (Wildman–Crippen LogP) is -6.98. The molecule has 5 N–H and O–H groups in total. The summed E-state index contributed by atoms with van der Waals surface area (Å²) in [5.74, 6) is -3.25. The predicted molar refractivity (Wildman–Crippen MR) is 166 cm³/mol. The zero-order valence-electron chi connectivity index (χ0n) is 33.0. The van der Waals surface area contributed by atoms with Gasteiger partial charge in [0.15, 0.2) is 18.5 Å². The first-order valence-electron chi connectivity index (χ1n) is 16.2. The van der Waals surface area contributed by atoms with Crippen LogP contribution in [0.1, 0.15) is 76.4 Å². The Morgan fingerprint density at radius 3 is 2.16 bits per heavy atom. The summed E-state index contributed by atoms with van der Waals surface area (Å²) in [5.41, 5.74) is -0.319. The number of carboxylic acids is 1. The maximum Gasteiger partial charge on any atom is 1.00 e. The van der Waals surface area contributed by atoms with Gasteiger partial charge in [0, 0.05) is 11.8 Å². The zero-order valence-corrected chi connectivity index (χ0v) is 41.0. The minimum Gasteiger partial charge on any atom is -1.00 e. The monoisotopic (exact) mass is 846 g/mol. The van der Waals surface area contributed by atoms with Gasteiger partial charge in [-0.05, 0) is 79.6 Å². The number of aliphatic carboxylic acids is 1. The minimum absolute atomic E-state index is 0. The Labute approximate surface area is 431 Å². The van der Waals surface area contributed by atoms with Crippen molar-refractivity contribution in [3.05, 3.63) is 12.2 Å². The molecule has 4 aliphatic carbocycles. The van der Waals surface area contributed by atoms with Gasteiger partial charge in [-0.15, -0.1) is 0 Å². The third kappa shape index (κ3) is 11.1. The Bertz CT molecular complexity index is 1510. The van der Waals surface area contributed by atoms with Crippen LogP contribution >= 0.6 is 0 Å². The average Bonchev–Trinajstić information content (AvgIpc) is 3.12. The maximum absolute atomic E-state index is 12.9. The van der Waals surface area contributed by atoms with E-state index in [-0.39, 0.29) is 201 Å². The van der Waals surface area contributed by atoms with Gasteiger partial charge in [-0.3, -0.25) is 18.7 Å². The van der Waals surface area contributed by atoms with Crippen molar-refractivity contribution in [2.45, 2.75) is 115 Å². The second-order valence-electron chi connectivity index (χ2n) is 14.8. The molecule has 0 radical (unpaired) electrons. The van der Waals surface area contributed by atoms with Crippen LogP contribution in [0.5, 0.6) is 0 Å². The van der Waals surface area contributed by atoms with Crippen molar-refractivity contribution >= 4 is 32.7 Å². The second kappa shape index (κ2) is 19.5. The molecule has 21 heteroatoms. The number of fused-ring (bicyclic) bond motifs is 3. The second-order valence-corrected chi connectivity index (χ2v) is 16.9. The molecular weight excluding hydrogens is 798 g/mol. The zero-order chi connectivity index (χ0) is 35.6. The molecule has 16 nitrogen and oxygen atoms in total. The molecule has 0 amide bonds.